The van der Waals surface area contributed by atoms with E-state index in [1.54, 1.807) is 18.6 Å². The van der Waals surface area contributed by atoms with Gasteiger partial charge in [0.05, 0.1) is 23.2 Å². The van der Waals surface area contributed by atoms with Crippen molar-refractivity contribution in [1.82, 2.24) is 20.2 Å². The van der Waals surface area contributed by atoms with Gasteiger partial charge in [0.25, 0.3) is 5.91 Å². The Kier molecular flexibility index (Phi) is 3.76. The van der Waals surface area contributed by atoms with Crippen LogP contribution in [0.15, 0.2) is 42.5 Å². The van der Waals surface area contributed by atoms with Gasteiger partial charge in [-0.1, -0.05) is 0 Å². The molecule has 0 aliphatic carbocycles. The number of carbonyl (C=O) groups excluding carboxylic acids is 1. The highest BCUT2D eigenvalue weighted by molar-refractivity contribution is 6.32. The Morgan fingerprint density at radius 1 is 1.15 bits per heavy atom. The van der Waals surface area contributed by atoms with Gasteiger partial charge in [-0.25, -0.2) is 0 Å². The van der Waals surface area contributed by atoms with Crippen molar-refractivity contribution < 1.29 is 4.79 Å². The van der Waals surface area contributed by atoms with E-state index in [0.29, 0.717) is 17.1 Å². The van der Waals surface area contributed by atoms with E-state index < -0.39 is 0 Å². The highest BCUT2D eigenvalue weighted by Gasteiger charge is 2.27. The lowest BCUT2D eigenvalue weighted by molar-refractivity contribution is -0.110. The Balaban J connectivity index is 1.78. The zero-order chi connectivity index (χ0) is 18.3. The molecule has 7 nitrogen and oxygen atoms in total. The number of hydrogen-bond donors (Lipinski definition) is 3. The van der Waals surface area contributed by atoms with Gasteiger partial charge >= 0.3 is 0 Å². The van der Waals surface area contributed by atoms with Gasteiger partial charge in [0.15, 0.2) is 5.82 Å². The number of H-pyrrole nitrogens is 1. The number of allylic oxidation sites excluding steroid dienone is 1. The van der Waals surface area contributed by atoms with Crippen LogP contribution in [0.3, 0.4) is 0 Å². The maximum absolute atomic E-state index is 12.5. The highest BCUT2D eigenvalue weighted by atomic mass is 16.2. The average Bonchev–Trinajstić information content (AvgIpc) is 3.16. The van der Waals surface area contributed by atoms with Crippen molar-refractivity contribution >= 4 is 23.0 Å². The largest absolute Gasteiger partial charge is 0.342 e. The zero-order valence-electron chi connectivity index (χ0n) is 14.7. The van der Waals surface area contributed by atoms with Crippen molar-refractivity contribution in [3.8, 4) is 11.3 Å². The number of fused-ring (bicyclic) bond motifs is 1. The van der Waals surface area contributed by atoms with E-state index in [1.807, 2.05) is 39.0 Å². The molecule has 4 heterocycles. The summed E-state index contributed by atoms with van der Waals surface area (Å²) in [5.74, 6) is 0.519. The van der Waals surface area contributed by atoms with Crippen molar-refractivity contribution in [2.45, 2.75) is 20.8 Å². The van der Waals surface area contributed by atoms with E-state index in [0.717, 1.165) is 33.8 Å². The Hall–Kier alpha value is -3.48. The third-order valence-electron chi connectivity index (χ3n) is 4.36. The molecular formula is C19H18N6O. The minimum absolute atomic E-state index is 0.154. The van der Waals surface area contributed by atoms with Gasteiger partial charge < -0.3 is 10.6 Å². The first-order chi connectivity index (χ1) is 12.5. The number of nitrogens with zero attached hydrogens (tertiary/aromatic N) is 3. The van der Waals surface area contributed by atoms with Gasteiger partial charge in [-0.15, -0.1) is 0 Å². The summed E-state index contributed by atoms with van der Waals surface area (Å²) >= 11 is 0. The predicted molar refractivity (Wildman–Crippen MR) is 100 cm³/mol. The number of aromatic nitrogens is 4. The van der Waals surface area contributed by atoms with Crippen LogP contribution in [0.5, 0.6) is 0 Å². The molecule has 130 valence electrons. The second kappa shape index (κ2) is 6.11. The van der Waals surface area contributed by atoms with Crippen molar-refractivity contribution in [2.24, 2.45) is 0 Å². The first kappa shape index (κ1) is 16.0. The summed E-state index contributed by atoms with van der Waals surface area (Å²) in [7, 11) is 0. The second-order valence-electron chi connectivity index (χ2n) is 6.32. The zero-order valence-corrected chi connectivity index (χ0v) is 14.7. The number of rotatable bonds is 3. The molecule has 3 aromatic heterocycles. The molecule has 3 aromatic rings. The number of anilines is 2. The lowest BCUT2D eigenvalue weighted by atomic mass is 10.0. The molecule has 0 atom stereocenters. The van der Waals surface area contributed by atoms with Crippen molar-refractivity contribution in [3.05, 3.63) is 59.3 Å². The Labute approximate surface area is 150 Å². The number of nitrogens with one attached hydrogen (secondary N) is 3. The fourth-order valence-corrected chi connectivity index (χ4v) is 3.06. The lowest BCUT2D eigenvalue weighted by Crippen LogP contribution is -2.08. The number of amides is 1. The molecule has 1 amide bonds. The molecule has 1 aliphatic heterocycles. The van der Waals surface area contributed by atoms with Gasteiger partial charge in [0, 0.05) is 41.0 Å². The van der Waals surface area contributed by atoms with Crippen LogP contribution in [-0.2, 0) is 4.79 Å². The molecule has 0 saturated carbocycles. The van der Waals surface area contributed by atoms with Crippen LogP contribution in [0, 0.1) is 13.8 Å². The monoisotopic (exact) mass is 346 g/mol. The molecule has 1 aliphatic rings. The van der Waals surface area contributed by atoms with Gasteiger partial charge in [-0.2, -0.15) is 5.10 Å². The summed E-state index contributed by atoms with van der Waals surface area (Å²) < 4.78 is 0. The Bertz CT molecular complexity index is 1050. The summed E-state index contributed by atoms with van der Waals surface area (Å²) in [6, 6.07) is 5.75. The summed E-state index contributed by atoms with van der Waals surface area (Å²) in [5, 5.41) is 13.1. The first-order valence-corrected chi connectivity index (χ1v) is 8.25. The lowest BCUT2D eigenvalue weighted by Gasteiger charge is -2.09. The summed E-state index contributed by atoms with van der Waals surface area (Å²) in [5.41, 5.74) is 6.60. The summed E-state index contributed by atoms with van der Waals surface area (Å²) in [4.78, 5) is 21.2. The molecular weight excluding hydrogens is 328 g/mol. The maximum Gasteiger partial charge on any atom is 0.258 e. The molecule has 26 heavy (non-hydrogen) atoms. The number of carbonyl (C=O) groups is 1. The average molecular weight is 346 g/mol. The first-order valence-electron chi connectivity index (χ1n) is 8.25. The van der Waals surface area contributed by atoms with E-state index >= 15 is 0 Å². The van der Waals surface area contributed by atoms with Crippen LogP contribution >= 0.6 is 0 Å². The molecule has 0 aromatic carbocycles. The maximum atomic E-state index is 12.5. The van der Waals surface area contributed by atoms with Crippen LogP contribution in [0.4, 0.5) is 11.5 Å². The summed E-state index contributed by atoms with van der Waals surface area (Å²) in [6.07, 6.45) is 5.23. The highest BCUT2D eigenvalue weighted by Crippen LogP contribution is 2.36. The Morgan fingerprint density at radius 2 is 2.00 bits per heavy atom. The van der Waals surface area contributed by atoms with Crippen molar-refractivity contribution in [2.75, 3.05) is 10.6 Å². The molecule has 0 fully saturated rings. The van der Waals surface area contributed by atoms with E-state index in [2.05, 4.69) is 30.8 Å². The van der Waals surface area contributed by atoms with E-state index in [1.165, 1.54) is 0 Å². The Morgan fingerprint density at radius 3 is 2.73 bits per heavy atom. The van der Waals surface area contributed by atoms with E-state index in [-0.39, 0.29) is 5.91 Å². The molecule has 4 rings (SSSR count). The molecule has 0 radical (unpaired) electrons. The molecule has 0 spiro atoms. The van der Waals surface area contributed by atoms with E-state index in [4.69, 9.17) is 0 Å². The number of hydrogen-bond acceptors (Lipinski definition) is 5. The van der Waals surface area contributed by atoms with Gasteiger partial charge in [0.1, 0.15) is 0 Å². The summed E-state index contributed by atoms with van der Waals surface area (Å²) in [6.45, 7) is 5.80. The second-order valence-corrected chi connectivity index (χ2v) is 6.32. The SMILES string of the molecule is C/C(Nc1cc(C)[nH]n1)=C1/C(=O)Nc2cnc(-c3cnccc3C)cc21. The number of aryl methyl sites for hydroxylation is 2. The van der Waals surface area contributed by atoms with Gasteiger partial charge in [0.2, 0.25) is 0 Å². The standard InChI is InChI=1S/C19H18N6O/c1-10-4-5-20-8-14(10)15-7-13-16(9-21-15)23-19(26)18(13)12(3)22-17-6-11(2)24-25-17/h4-9H,1-3H3,(H,23,26)(H2,22,24,25)/b18-12-. The smallest absolute Gasteiger partial charge is 0.258 e. The molecule has 0 unspecified atom stereocenters. The van der Waals surface area contributed by atoms with Gasteiger partial charge in [-0.05, 0) is 38.5 Å². The number of aromatic amines is 1. The quantitative estimate of drug-likeness (QED) is 0.633. The van der Waals surface area contributed by atoms with Gasteiger partial charge in [-0.3, -0.25) is 19.9 Å². The van der Waals surface area contributed by atoms with Crippen LogP contribution in [-0.4, -0.2) is 26.1 Å². The molecule has 0 saturated heterocycles. The molecule has 3 N–H and O–H groups in total. The minimum Gasteiger partial charge on any atom is -0.342 e. The fourth-order valence-electron chi connectivity index (χ4n) is 3.06. The van der Waals surface area contributed by atoms with Crippen LogP contribution in [0.1, 0.15) is 23.7 Å². The predicted octanol–water partition coefficient (Wildman–Crippen LogP) is 3.28. The van der Waals surface area contributed by atoms with E-state index in [9.17, 15) is 4.79 Å². The van der Waals surface area contributed by atoms with Crippen LogP contribution in [0.2, 0.25) is 0 Å². The third-order valence-corrected chi connectivity index (χ3v) is 4.36. The topological polar surface area (TPSA) is 95.6 Å². The fraction of sp³-hybridized carbons (Fsp3) is 0.158. The normalized spacial score (nSPS) is 14.8. The number of pyridine rings is 2. The van der Waals surface area contributed by atoms with Crippen molar-refractivity contribution in [3.63, 3.8) is 0 Å². The minimum atomic E-state index is -0.154. The van der Waals surface area contributed by atoms with Crippen LogP contribution in [0.25, 0.3) is 16.8 Å². The molecule has 0 bridgehead atoms. The third kappa shape index (κ3) is 2.73. The van der Waals surface area contributed by atoms with Crippen molar-refractivity contribution in [1.29, 1.82) is 0 Å². The van der Waals surface area contributed by atoms with Crippen LogP contribution < -0.4 is 10.6 Å². The molecule has 7 heteroatoms.